The van der Waals surface area contributed by atoms with Crippen LogP contribution in [0, 0.1) is 17.2 Å². The van der Waals surface area contributed by atoms with Crippen LogP contribution in [0.15, 0.2) is 18.2 Å². The van der Waals surface area contributed by atoms with Crippen LogP contribution < -0.4 is 15.4 Å². The molecule has 12 heteroatoms. The SMILES string of the molecule is CCC(=O)NC(C(=O)N1CCCC(C(=O)NCc2ccc(C#N)cc2OC(F)(F)F)C1)C(C)(C)O. The number of aliphatic hydroxyl groups is 1. The first kappa shape index (κ1) is 27.9. The Morgan fingerprint density at radius 1 is 1.31 bits per heavy atom. The van der Waals surface area contributed by atoms with Crippen LogP contribution in [-0.2, 0) is 20.9 Å². The summed E-state index contributed by atoms with van der Waals surface area (Å²) in [6, 6.07) is 4.05. The molecule has 2 atom stereocenters. The lowest BCUT2D eigenvalue weighted by molar-refractivity contribution is -0.274. The summed E-state index contributed by atoms with van der Waals surface area (Å²) in [5, 5.41) is 24.4. The lowest BCUT2D eigenvalue weighted by Crippen LogP contribution is -2.60. The van der Waals surface area contributed by atoms with Gasteiger partial charge in [0.05, 0.1) is 23.2 Å². The number of hydrogen-bond acceptors (Lipinski definition) is 6. The van der Waals surface area contributed by atoms with Gasteiger partial charge < -0.3 is 25.4 Å². The number of benzene rings is 1. The van der Waals surface area contributed by atoms with Crippen molar-refractivity contribution >= 4 is 17.7 Å². The van der Waals surface area contributed by atoms with E-state index in [1.54, 1.807) is 13.0 Å². The van der Waals surface area contributed by atoms with Gasteiger partial charge in [0.2, 0.25) is 17.7 Å². The van der Waals surface area contributed by atoms with Crippen molar-refractivity contribution < 1.29 is 37.4 Å². The van der Waals surface area contributed by atoms with E-state index in [0.29, 0.717) is 19.4 Å². The zero-order valence-electron chi connectivity index (χ0n) is 19.7. The third-order valence-electron chi connectivity index (χ3n) is 5.56. The molecular formula is C23H29F3N4O5. The topological polar surface area (TPSA) is 132 Å². The van der Waals surface area contributed by atoms with Gasteiger partial charge in [-0.25, -0.2) is 0 Å². The zero-order chi connectivity index (χ0) is 26.4. The highest BCUT2D eigenvalue weighted by Gasteiger charge is 2.39. The highest BCUT2D eigenvalue weighted by molar-refractivity contribution is 5.89. The van der Waals surface area contributed by atoms with Gasteiger partial charge >= 0.3 is 6.36 Å². The van der Waals surface area contributed by atoms with E-state index in [4.69, 9.17) is 5.26 Å². The van der Waals surface area contributed by atoms with Crippen LogP contribution in [-0.4, -0.2) is 58.8 Å². The van der Waals surface area contributed by atoms with Gasteiger partial charge in [0, 0.05) is 31.6 Å². The quantitative estimate of drug-likeness (QED) is 0.502. The third-order valence-corrected chi connectivity index (χ3v) is 5.56. The molecule has 1 aliphatic heterocycles. The maximum atomic E-state index is 13.1. The fourth-order valence-electron chi connectivity index (χ4n) is 3.69. The highest BCUT2D eigenvalue weighted by atomic mass is 19.4. The Bertz CT molecular complexity index is 985. The number of amides is 3. The van der Waals surface area contributed by atoms with Gasteiger partial charge in [-0.05, 0) is 38.8 Å². The van der Waals surface area contributed by atoms with Crippen molar-refractivity contribution in [2.24, 2.45) is 5.92 Å². The first-order valence-electron chi connectivity index (χ1n) is 11.1. The van der Waals surface area contributed by atoms with Gasteiger partial charge in [-0.1, -0.05) is 13.0 Å². The average Bonchev–Trinajstić information content (AvgIpc) is 2.79. The molecule has 3 N–H and O–H groups in total. The number of likely N-dealkylation sites (tertiary alicyclic amines) is 1. The fraction of sp³-hybridized carbons (Fsp3) is 0.565. The Hall–Kier alpha value is -3.33. The second kappa shape index (κ2) is 11.4. The number of nitriles is 1. The van der Waals surface area contributed by atoms with Crippen LogP contribution in [0.4, 0.5) is 13.2 Å². The molecule has 35 heavy (non-hydrogen) atoms. The first-order valence-corrected chi connectivity index (χ1v) is 11.1. The molecule has 1 aromatic carbocycles. The Morgan fingerprint density at radius 2 is 2.00 bits per heavy atom. The molecule has 0 spiro atoms. The summed E-state index contributed by atoms with van der Waals surface area (Å²) in [6.07, 6.45) is -3.91. The van der Waals surface area contributed by atoms with Crippen LogP contribution in [0.1, 0.15) is 51.2 Å². The molecule has 1 fully saturated rings. The minimum Gasteiger partial charge on any atom is -0.405 e. The fourth-order valence-corrected chi connectivity index (χ4v) is 3.69. The Balaban J connectivity index is 2.08. The van der Waals surface area contributed by atoms with Crippen molar-refractivity contribution in [2.75, 3.05) is 13.1 Å². The summed E-state index contributed by atoms with van der Waals surface area (Å²) in [6.45, 7) is 4.49. The van der Waals surface area contributed by atoms with E-state index in [1.807, 2.05) is 0 Å². The largest absolute Gasteiger partial charge is 0.573 e. The second-order valence-corrected chi connectivity index (χ2v) is 8.83. The Morgan fingerprint density at radius 3 is 2.57 bits per heavy atom. The van der Waals surface area contributed by atoms with Gasteiger partial charge in [0.25, 0.3) is 0 Å². The molecule has 1 heterocycles. The molecule has 1 saturated heterocycles. The highest BCUT2D eigenvalue weighted by Crippen LogP contribution is 2.28. The van der Waals surface area contributed by atoms with Crippen molar-refractivity contribution in [3.05, 3.63) is 29.3 Å². The summed E-state index contributed by atoms with van der Waals surface area (Å²) >= 11 is 0. The summed E-state index contributed by atoms with van der Waals surface area (Å²) in [5.41, 5.74) is -1.54. The van der Waals surface area contributed by atoms with Gasteiger partial charge in [-0.2, -0.15) is 5.26 Å². The normalized spacial score (nSPS) is 17.2. The number of halogens is 3. The number of carbonyl (C=O) groups excluding carboxylic acids is 3. The predicted octanol–water partition coefficient (Wildman–Crippen LogP) is 1.98. The Kier molecular flexibility index (Phi) is 9.09. The molecule has 1 aromatic rings. The molecule has 0 aliphatic carbocycles. The van der Waals surface area contributed by atoms with Crippen molar-refractivity contribution in [2.45, 2.75) is 64.6 Å². The van der Waals surface area contributed by atoms with E-state index in [9.17, 15) is 32.7 Å². The van der Waals surface area contributed by atoms with Crippen LogP contribution >= 0.6 is 0 Å². The van der Waals surface area contributed by atoms with E-state index in [-0.39, 0.29) is 30.6 Å². The molecule has 192 valence electrons. The molecule has 0 aromatic heterocycles. The van der Waals surface area contributed by atoms with Crippen molar-refractivity contribution in [3.63, 3.8) is 0 Å². The predicted molar refractivity (Wildman–Crippen MR) is 118 cm³/mol. The van der Waals surface area contributed by atoms with Gasteiger partial charge in [-0.15, -0.1) is 13.2 Å². The molecule has 3 amide bonds. The molecule has 0 saturated carbocycles. The maximum Gasteiger partial charge on any atom is 0.573 e. The molecular weight excluding hydrogens is 469 g/mol. The van der Waals surface area contributed by atoms with Crippen LogP contribution in [0.5, 0.6) is 5.75 Å². The van der Waals surface area contributed by atoms with Crippen molar-refractivity contribution in [1.82, 2.24) is 15.5 Å². The lowest BCUT2D eigenvalue weighted by atomic mass is 9.93. The van der Waals surface area contributed by atoms with Gasteiger partial charge in [-0.3, -0.25) is 14.4 Å². The summed E-state index contributed by atoms with van der Waals surface area (Å²) in [5.74, 6) is -2.62. The first-order chi connectivity index (χ1) is 16.2. The molecule has 2 rings (SSSR count). The molecule has 0 radical (unpaired) electrons. The van der Waals surface area contributed by atoms with Gasteiger partial charge in [0.15, 0.2) is 0 Å². The maximum absolute atomic E-state index is 13.1. The summed E-state index contributed by atoms with van der Waals surface area (Å²) in [4.78, 5) is 39.1. The van der Waals surface area contributed by atoms with Gasteiger partial charge in [0.1, 0.15) is 11.8 Å². The summed E-state index contributed by atoms with van der Waals surface area (Å²) < 4.78 is 42.2. The number of nitrogens with one attached hydrogen (secondary N) is 2. The molecule has 2 unspecified atom stereocenters. The smallest absolute Gasteiger partial charge is 0.405 e. The number of hydrogen-bond donors (Lipinski definition) is 3. The number of ether oxygens (including phenoxy) is 1. The monoisotopic (exact) mass is 498 g/mol. The molecule has 0 bridgehead atoms. The van der Waals surface area contributed by atoms with Crippen molar-refractivity contribution in [3.8, 4) is 11.8 Å². The summed E-state index contributed by atoms with van der Waals surface area (Å²) in [7, 11) is 0. The van der Waals surface area contributed by atoms with E-state index in [2.05, 4.69) is 15.4 Å². The number of piperidine rings is 1. The minimum atomic E-state index is -4.97. The Labute approximate surface area is 201 Å². The molecule has 9 nitrogen and oxygen atoms in total. The zero-order valence-corrected chi connectivity index (χ0v) is 19.7. The second-order valence-electron chi connectivity index (χ2n) is 8.83. The van der Waals surface area contributed by atoms with E-state index in [1.165, 1.54) is 30.9 Å². The van der Waals surface area contributed by atoms with Crippen LogP contribution in [0.2, 0.25) is 0 Å². The number of carbonyl (C=O) groups is 3. The number of alkyl halides is 3. The average molecular weight is 499 g/mol. The molecule has 1 aliphatic rings. The van der Waals surface area contributed by atoms with E-state index < -0.39 is 47.4 Å². The van der Waals surface area contributed by atoms with Crippen LogP contribution in [0.25, 0.3) is 0 Å². The number of rotatable bonds is 8. The lowest BCUT2D eigenvalue weighted by Gasteiger charge is -2.37. The standard InChI is InChI=1S/C23H29F3N4O5/c1-4-18(31)29-19(22(2,3)34)21(33)30-9-5-6-16(13-30)20(32)28-12-15-8-7-14(11-27)10-17(15)35-23(24,25)26/h7-8,10,16,19,34H,4-6,9,12-13H2,1-3H3,(H,28,32)(H,29,31). The minimum absolute atomic E-state index is 0.0263. The van der Waals surface area contributed by atoms with Crippen LogP contribution in [0.3, 0.4) is 0 Å². The third kappa shape index (κ3) is 8.13. The number of nitrogens with zero attached hydrogens (tertiary/aromatic N) is 2. The van der Waals surface area contributed by atoms with E-state index in [0.717, 1.165) is 6.07 Å². The van der Waals surface area contributed by atoms with Crippen molar-refractivity contribution in [1.29, 1.82) is 5.26 Å². The van der Waals surface area contributed by atoms with E-state index >= 15 is 0 Å².